The topological polar surface area (TPSA) is 12.0 Å². The predicted molar refractivity (Wildman–Crippen MR) is 50.7 cm³/mol. The third-order valence-electron chi connectivity index (χ3n) is 1.06. The Morgan fingerprint density at radius 2 is 2.20 bits per heavy atom. The van der Waals surface area contributed by atoms with Gasteiger partial charge in [-0.15, -0.1) is 11.1 Å². The summed E-state index contributed by atoms with van der Waals surface area (Å²) in [4.78, 5) is 3.22. The van der Waals surface area contributed by atoms with Crippen molar-refractivity contribution in [2.24, 2.45) is 5.92 Å². The van der Waals surface area contributed by atoms with Gasteiger partial charge in [-0.05, 0) is 12.5 Å². The van der Waals surface area contributed by atoms with Gasteiger partial charge in [0.1, 0.15) is 0 Å². The quantitative estimate of drug-likeness (QED) is 0.510. The average Bonchev–Trinajstić information content (AvgIpc) is 1.85. The number of halogens is 1. The molecule has 60 valence electrons. The highest BCUT2D eigenvalue weighted by Crippen LogP contribution is 1.95. The fourth-order valence-electron chi connectivity index (χ4n) is 0.583. The molecule has 1 nitrogen and oxygen atoms in total. The minimum atomic E-state index is -1.22. The molecule has 0 spiro atoms. The maximum atomic E-state index is 5.97. The maximum Gasteiger partial charge on any atom is 0.234 e. The molecule has 0 rings (SSSR count). The lowest BCUT2D eigenvalue weighted by atomic mass is 10.2. The van der Waals surface area contributed by atoms with Crippen molar-refractivity contribution in [1.82, 2.24) is 4.98 Å². The van der Waals surface area contributed by atoms with Gasteiger partial charge in [-0.25, -0.2) is 0 Å². The Morgan fingerprint density at radius 1 is 1.60 bits per heavy atom. The van der Waals surface area contributed by atoms with Gasteiger partial charge in [-0.3, -0.25) is 0 Å². The second-order valence-corrected chi connectivity index (χ2v) is 5.60. The molecule has 10 heavy (non-hydrogen) atoms. The maximum absolute atomic E-state index is 5.97. The summed E-state index contributed by atoms with van der Waals surface area (Å²) in [7, 11) is -1.22. The molecule has 0 bridgehead atoms. The first kappa shape index (κ1) is 10.2. The van der Waals surface area contributed by atoms with E-state index < -0.39 is 8.27 Å². The van der Waals surface area contributed by atoms with Crippen LogP contribution in [0.15, 0.2) is 11.8 Å². The van der Waals surface area contributed by atoms with Crippen molar-refractivity contribution in [3.63, 3.8) is 0 Å². The van der Waals surface area contributed by atoms with Gasteiger partial charge in [-0.1, -0.05) is 32.5 Å². The number of hydrogen-bond donors (Lipinski definition) is 1. The van der Waals surface area contributed by atoms with Gasteiger partial charge < -0.3 is 4.98 Å². The van der Waals surface area contributed by atoms with Gasteiger partial charge in [0.2, 0.25) is 8.27 Å². The number of nitrogens with one attached hydrogen (secondary N) is 1. The van der Waals surface area contributed by atoms with E-state index >= 15 is 0 Å². The van der Waals surface area contributed by atoms with Gasteiger partial charge in [0.25, 0.3) is 0 Å². The van der Waals surface area contributed by atoms with E-state index in [0.717, 1.165) is 6.54 Å². The lowest BCUT2D eigenvalue weighted by Crippen LogP contribution is -2.26. The van der Waals surface area contributed by atoms with E-state index in [2.05, 4.69) is 37.5 Å². The van der Waals surface area contributed by atoms with Crippen LogP contribution in [-0.2, 0) is 0 Å². The Balaban J connectivity index is 3.45. The largest absolute Gasteiger partial charge is 0.325 e. The van der Waals surface area contributed by atoms with Crippen molar-refractivity contribution in [2.75, 3.05) is 6.54 Å². The lowest BCUT2D eigenvalue weighted by molar-refractivity contribution is 0.832. The Bertz CT molecular complexity index is 104. The highest BCUT2D eigenvalue weighted by molar-refractivity contribution is 7.08. The third kappa shape index (κ3) is 6.33. The molecule has 0 aliphatic carbocycles. The summed E-state index contributed by atoms with van der Waals surface area (Å²) < 4.78 is 0. The van der Waals surface area contributed by atoms with Gasteiger partial charge in [-0.2, -0.15) is 0 Å². The zero-order valence-corrected chi connectivity index (χ0v) is 8.81. The molecule has 1 atom stereocenters. The molecule has 1 N–H and O–H groups in total. The molecule has 0 aliphatic heterocycles. The van der Waals surface area contributed by atoms with Crippen LogP contribution in [0.2, 0.25) is 0 Å². The van der Waals surface area contributed by atoms with Gasteiger partial charge >= 0.3 is 0 Å². The third-order valence-corrected chi connectivity index (χ3v) is 3.32. The highest BCUT2D eigenvalue weighted by Gasteiger charge is 1.97. The Morgan fingerprint density at radius 3 is 2.60 bits per heavy atom. The normalized spacial score (nSPS) is 14.9. The highest BCUT2D eigenvalue weighted by atomic mass is 35.6. The van der Waals surface area contributed by atoms with Crippen molar-refractivity contribution < 1.29 is 0 Å². The molecule has 0 radical (unpaired) electrons. The molecule has 0 fully saturated rings. The van der Waals surface area contributed by atoms with E-state index in [1.165, 1.54) is 0 Å². The molecule has 0 aromatic heterocycles. The monoisotopic (exact) mass is 177 g/mol. The van der Waals surface area contributed by atoms with Crippen LogP contribution in [0.4, 0.5) is 0 Å². The van der Waals surface area contributed by atoms with Gasteiger partial charge in [0, 0.05) is 0 Å². The van der Waals surface area contributed by atoms with Crippen LogP contribution >= 0.6 is 11.1 Å². The molecule has 0 aromatic carbocycles. The van der Waals surface area contributed by atoms with Crippen LogP contribution in [0, 0.1) is 5.92 Å². The molecule has 0 saturated heterocycles. The van der Waals surface area contributed by atoms with Crippen LogP contribution in [0.3, 0.4) is 0 Å². The molecule has 0 amide bonds. The summed E-state index contributed by atoms with van der Waals surface area (Å²) >= 11 is 5.97. The van der Waals surface area contributed by atoms with Crippen molar-refractivity contribution in [3.8, 4) is 0 Å². The van der Waals surface area contributed by atoms with Crippen LogP contribution < -0.4 is 4.98 Å². The van der Waals surface area contributed by atoms with Crippen LogP contribution in [-0.4, -0.2) is 14.8 Å². The molecule has 0 saturated carbocycles. The van der Waals surface area contributed by atoms with E-state index in [4.69, 9.17) is 11.1 Å². The molecule has 0 aromatic rings. The molecule has 0 aliphatic rings. The summed E-state index contributed by atoms with van der Waals surface area (Å²) in [5, 5.41) is 0. The first-order chi connectivity index (χ1) is 4.66. The number of rotatable bonds is 4. The Kier molecular flexibility index (Phi) is 6.08. The average molecular weight is 178 g/mol. The van der Waals surface area contributed by atoms with E-state index in [1.807, 2.05) is 0 Å². The van der Waals surface area contributed by atoms with Crippen LogP contribution in [0.5, 0.6) is 0 Å². The SMILES string of the molecule is CCN[SiH](Cl)C=CC(C)C. The van der Waals surface area contributed by atoms with E-state index in [-0.39, 0.29) is 0 Å². The minimum absolute atomic E-state index is 0.618. The first-order valence-electron chi connectivity index (χ1n) is 3.72. The molecule has 0 heterocycles. The van der Waals surface area contributed by atoms with Gasteiger partial charge in [0.05, 0.1) is 0 Å². The van der Waals surface area contributed by atoms with Gasteiger partial charge in [0.15, 0.2) is 0 Å². The van der Waals surface area contributed by atoms with Crippen molar-refractivity contribution >= 4 is 19.3 Å². The summed E-state index contributed by atoms with van der Waals surface area (Å²) in [6.07, 6.45) is 2.16. The lowest BCUT2D eigenvalue weighted by Gasteiger charge is -2.01. The summed E-state index contributed by atoms with van der Waals surface area (Å²) in [5.41, 5.74) is 2.12. The predicted octanol–water partition coefficient (Wildman–Crippen LogP) is 1.81. The van der Waals surface area contributed by atoms with Crippen LogP contribution in [0.1, 0.15) is 20.8 Å². The van der Waals surface area contributed by atoms with Crippen molar-refractivity contribution in [3.05, 3.63) is 11.8 Å². The molecular weight excluding hydrogens is 162 g/mol. The summed E-state index contributed by atoms with van der Waals surface area (Å²) in [5.74, 6) is 0.618. The first-order valence-corrected chi connectivity index (χ1v) is 6.71. The molecule has 1 unspecified atom stereocenters. The summed E-state index contributed by atoms with van der Waals surface area (Å²) in [6.45, 7) is 7.36. The fraction of sp³-hybridized carbons (Fsp3) is 0.714. The standard InChI is InChI=1S/C7H16ClNSi/c1-4-9-10(8)6-5-7(2)3/h5-7,9-10H,4H2,1-3H3. The fourth-order valence-corrected chi connectivity index (χ4v) is 2.46. The zero-order chi connectivity index (χ0) is 7.98. The Hall–Kier alpha value is 0.207. The molecule has 3 heteroatoms. The van der Waals surface area contributed by atoms with Crippen LogP contribution in [0.25, 0.3) is 0 Å². The van der Waals surface area contributed by atoms with E-state index in [0.29, 0.717) is 5.92 Å². The zero-order valence-electron chi connectivity index (χ0n) is 6.89. The van der Waals surface area contributed by atoms with E-state index in [9.17, 15) is 0 Å². The number of hydrogen-bond acceptors (Lipinski definition) is 1. The van der Waals surface area contributed by atoms with Crippen molar-refractivity contribution in [2.45, 2.75) is 20.8 Å². The minimum Gasteiger partial charge on any atom is -0.325 e. The molecular formula is C7H16ClNSi. The second kappa shape index (κ2) is 5.95. The van der Waals surface area contributed by atoms with Crippen molar-refractivity contribution in [1.29, 1.82) is 0 Å². The summed E-state index contributed by atoms with van der Waals surface area (Å²) in [6, 6.07) is 0. The smallest absolute Gasteiger partial charge is 0.234 e. The second-order valence-electron chi connectivity index (χ2n) is 2.59. The van der Waals surface area contributed by atoms with E-state index in [1.54, 1.807) is 0 Å². The Labute approximate surface area is 69.9 Å². The number of allylic oxidation sites excluding steroid dienone is 1.